The van der Waals surface area contributed by atoms with Gasteiger partial charge in [0.25, 0.3) is 0 Å². The van der Waals surface area contributed by atoms with Crippen LogP contribution in [0.1, 0.15) is 37.4 Å². The Labute approximate surface area is 143 Å². The third-order valence-corrected chi connectivity index (χ3v) is 5.07. The van der Waals surface area contributed by atoms with Gasteiger partial charge in [-0.15, -0.1) is 0 Å². The van der Waals surface area contributed by atoms with Gasteiger partial charge >= 0.3 is 0 Å². The summed E-state index contributed by atoms with van der Waals surface area (Å²) in [7, 11) is -3.45. The molecule has 2 rings (SSSR count). The number of halogens is 1. The molecule has 0 aliphatic rings. The molecule has 0 aliphatic carbocycles. The van der Waals surface area contributed by atoms with Crippen LogP contribution in [0.5, 0.6) is 0 Å². The van der Waals surface area contributed by atoms with E-state index in [0.29, 0.717) is 16.5 Å². The molecule has 0 aliphatic heterocycles. The van der Waals surface area contributed by atoms with Gasteiger partial charge in [0.15, 0.2) is 0 Å². The minimum atomic E-state index is -3.45. The van der Waals surface area contributed by atoms with Gasteiger partial charge in [-0.1, -0.05) is 67.9 Å². The van der Waals surface area contributed by atoms with E-state index in [-0.39, 0.29) is 11.8 Å². The number of nitrogens with one attached hydrogen (secondary N) is 1. The summed E-state index contributed by atoms with van der Waals surface area (Å²) in [6.07, 6.45) is 0.749. The number of benzene rings is 2. The predicted octanol–water partition coefficient (Wildman–Crippen LogP) is 4.55. The van der Waals surface area contributed by atoms with Gasteiger partial charge in [0, 0.05) is 11.1 Å². The Morgan fingerprint density at radius 3 is 2.35 bits per heavy atom. The van der Waals surface area contributed by atoms with Crippen molar-refractivity contribution < 1.29 is 8.42 Å². The molecule has 0 saturated heterocycles. The maximum absolute atomic E-state index is 12.5. The first-order valence-corrected chi connectivity index (χ1v) is 9.68. The minimum absolute atomic E-state index is 0.0744. The number of rotatable bonds is 7. The largest absolute Gasteiger partial charge is 0.216 e. The van der Waals surface area contributed by atoms with Crippen molar-refractivity contribution in [2.75, 3.05) is 0 Å². The second-order valence-corrected chi connectivity index (χ2v) is 8.29. The number of sulfonamides is 1. The van der Waals surface area contributed by atoms with Gasteiger partial charge in [-0.25, -0.2) is 13.1 Å². The zero-order valence-electron chi connectivity index (χ0n) is 13.4. The van der Waals surface area contributed by atoms with Crippen molar-refractivity contribution in [2.45, 2.75) is 32.1 Å². The Morgan fingerprint density at radius 2 is 1.74 bits per heavy atom. The topological polar surface area (TPSA) is 46.2 Å². The van der Waals surface area contributed by atoms with Gasteiger partial charge < -0.3 is 0 Å². The Hall–Kier alpha value is -1.36. The molecule has 1 atom stereocenters. The molecule has 0 bridgehead atoms. The van der Waals surface area contributed by atoms with Crippen LogP contribution >= 0.6 is 11.6 Å². The number of hydrogen-bond donors (Lipinski definition) is 1. The normalized spacial score (nSPS) is 13.2. The Balaban J connectivity index is 2.17. The van der Waals surface area contributed by atoms with Crippen LogP contribution in [0, 0.1) is 5.92 Å². The quantitative estimate of drug-likeness (QED) is 0.795. The summed E-state index contributed by atoms with van der Waals surface area (Å²) in [6.45, 7) is 4.17. The maximum atomic E-state index is 12.5. The van der Waals surface area contributed by atoms with Gasteiger partial charge in [0.1, 0.15) is 0 Å². The first kappa shape index (κ1) is 18.0. The van der Waals surface area contributed by atoms with E-state index < -0.39 is 10.0 Å². The summed E-state index contributed by atoms with van der Waals surface area (Å²) in [5.74, 6) is 0.309. The molecule has 2 aromatic carbocycles. The van der Waals surface area contributed by atoms with E-state index in [4.69, 9.17) is 11.6 Å². The summed E-state index contributed by atoms with van der Waals surface area (Å²) >= 11 is 5.93. The van der Waals surface area contributed by atoms with Gasteiger partial charge in [-0.2, -0.15) is 0 Å². The summed E-state index contributed by atoms with van der Waals surface area (Å²) < 4.78 is 27.9. The molecule has 23 heavy (non-hydrogen) atoms. The molecular weight excluding hydrogens is 330 g/mol. The highest BCUT2D eigenvalue weighted by Gasteiger charge is 2.21. The lowest BCUT2D eigenvalue weighted by Crippen LogP contribution is -2.30. The van der Waals surface area contributed by atoms with Crippen LogP contribution in [0.3, 0.4) is 0 Å². The molecule has 0 amide bonds. The maximum Gasteiger partial charge on any atom is 0.216 e. The molecule has 5 heteroatoms. The van der Waals surface area contributed by atoms with Crippen LogP contribution in [0.15, 0.2) is 54.6 Å². The predicted molar refractivity (Wildman–Crippen MR) is 95.8 cm³/mol. The van der Waals surface area contributed by atoms with Crippen molar-refractivity contribution in [1.29, 1.82) is 0 Å². The molecule has 3 nitrogen and oxygen atoms in total. The van der Waals surface area contributed by atoms with Gasteiger partial charge in [-0.05, 0) is 35.6 Å². The molecule has 124 valence electrons. The second-order valence-electron chi connectivity index (χ2n) is 6.10. The molecule has 1 N–H and O–H groups in total. The highest BCUT2D eigenvalue weighted by molar-refractivity contribution is 7.88. The zero-order chi connectivity index (χ0) is 16.9. The van der Waals surface area contributed by atoms with Crippen molar-refractivity contribution >= 4 is 21.6 Å². The van der Waals surface area contributed by atoms with E-state index in [0.717, 1.165) is 12.0 Å². The summed E-state index contributed by atoms with van der Waals surface area (Å²) in [4.78, 5) is 0. The number of hydrogen-bond acceptors (Lipinski definition) is 2. The molecule has 0 saturated carbocycles. The fourth-order valence-electron chi connectivity index (χ4n) is 2.51. The second kappa shape index (κ2) is 7.95. The fraction of sp³-hybridized carbons (Fsp3) is 0.333. The van der Waals surface area contributed by atoms with Crippen LogP contribution in [-0.4, -0.2) is 8.42 Å². The highest BCUT2D eigenvalue weighted by atomic mass is 35.5. The van der Waals surface area contributed by atoms with Crippen LogP contribution in [0.2, 0.25) is 5.02 Å². The molecule has 2 aromatic rings. The Kier molecular flexibility index (Phi) is 6.22. The smallest absolute Gasteiger partial charge is 0.212 e. The average molecular weight is 352 g/mol. The van der Waals surface area contributed by atoms with Gasteiger partial charge in [0.2, 0.25) is 10.0 Å². The van der Waals surface area contributed by atoms with E-state index in [9.17, 15) is 8.42 Å². The zero-order valence-corrected chi connectivity index (χ0v) is 14.9. The summed E-state index contributed by atoms with van der Waals surface area (Å²) in [6, 6.07) is 16.4. The third kappa shape index (κ3) is 5.98. The van der Waals surface area contributed by atoms with E-state index >= 15 is 0 Å². The van der Waals surface area contributed by atoms with E-state index in [2.05, 4.69) is 18.6 Å². The first-order valence-electron chi connectivity index (χ1n) is 7.65. The van der Waals surface area contributed by atoms with E-state index in [1.54, 1.807) is 24.3 Å². The lowest BCUT2D eigenvalue weighted by Gasteiger charge is -2.21. The minimum Gasteiger partial charge on any atom is -0.212 e. The van der Waals surface area contributed by atoms with Crippen molar-refractivity contribution in [3.8, 4) is 0 Å². The molecule has 0 heterocycles. The monoisotopic (exact) mass is 351 g/mol. The van der Waals surface area contributed by atoms with Crippen molar-refractivity contribution in [1.82, 2.24) is 4.72 Å². The molecule has 0 spiro atoms. The van der Waals surface area contributed by atoms with E-state index in [1.165, 1.54) is 0 Å². The fourth-order valence-corrected chi connectivity index (χ4v) is 4.09. The van der Waals surface area contributed by atoms with Crippen molar-refractivity contribution in [2.24, 2.45) is 5.92 Å². The van der Waals surface area contributed by atoms with E-state index in [1.807, 2.05) is 30.3 Å². The lowest BCUT2D eigenvalue weighted by atomic mass is 9.98. The van der Waals surface area contributed by atoms with Crippen LogP contribution in [0.25, 0.3) is 0 Å². The van der Waals surface area contributed by atoms with Crippen LogP contribution < -0.4 is 4.72 Å². The van der Waals surface area contributed by atoms with Crippen LogP contribution in [-0.2, 0) is 15.8 Å². The van der Waals surface area contributed by atoms with Crippen molar-refractivity contribution in [3.05, 3.63) is 70.7 Å². The van der Waals surface area contributed by atoms with Crippen molar-refractivity contribution in [3.63, 3.8) is 0 Å². The highest BCUT2D eigenvalue weighted by Crippen LogP contribution is 2.23. The van der Waals surface area contributed by atoms with Gasteiger partial charge in [0.05, 0.1) is 5.75 Å². The molecule has 0 radical (unpaired) electrons. The molecule has 0 unspecified atom stereocenters. The molecular formula is C18H22ClNO2S. The Bertz CT molecular complexity index is 730. The summed E-state index contributed by atoms with van der Waals surface area (Å²) in [5.41, 5.74) is 1.66. The Morgan fingerprint density at radius 1 is 1.04 bits per heavy atom. The average Bonchev–Trinajstić information content (AvgIpc) is 2.46. The lowest BCUT2D eigenvalue weighted by molar-refractivity contribution is 0.472. The van der Waals surface area contributed by atoms with Crippen LogP contribution in [0.4, 0.5) is 0 Å². The summed E-state index contributed by atoms with van der Waals surface area (Å²) in [5, 5.41) is 0.541. The third-order valence-electron chi connectivity index (χ3n) is 3.48. The standard InChI is InChI=1S/C18H22ClNO2S/c1-14(2)11-18(16-8-4-3-5-9-16)20-23(21,22)13-15-7-6-10-17(19)12-15/h3-10,12,14,18,20H,11,13H2,1-2H3/t18-/m1/s1. The van der Waals surface area contributed by atoms with Gasteiger partial charge in [-0.3, -0.25) is 0 Å². The molecule has 0 aromatic heterocycles. The molecule has 0 fully saturated rings. The first-order chi connectivity index (χ1) is 10.9. The SMILES string of the molecule is CC(C)C[C@@H](NS(=O)(=O)Cc1cccc(Cl)c1)c1ccccc1.